The third kappa shape index (κ3) is 5.02. The van der Waals surface area contributed by atoms with Crippen LogP contribution in [0, 0.1) is 11.3 Å². The minimum absolute atomic E-state index is 0.129. The average Bonchev–Trinajstić information content (AvgIpc) is 2.70. The van der Waals surface area contributed by atoms with Crippen LogP contribution in [0.25, 0.3) is 0 Å². The number of nitriles is 1. The van der Waals surface area contributed by atoms with E-state index in [1.165, 1.54) is 0 Å². The van der Waals surface area contributed by atoms with Gasteiger partial charge in [0.15, 0.2) is 0 Å². The molecule has 3 rings (SSSR count). The number of benzene rings is 1. The molecule has 7 nitrogen and oxygen atoms in total. The van der Waals surface area contributed by atoms with E-state index in [2.05, 4.69) is 26.6 Å². The first-order chi connectivity index (χ1) is 12.7. The molecule has 1 aromatic carbocycles. The molecule has 2 aromatic rings. The molecule has 1 aliphatic heterocycles. The van der Waals surface area contributed by atoms with Crippen LogP contribution in [-0.4, -0.2) is 55.2 Å². The summed E-state index contributed by atoms with van der Waals surface area (Å²) in [4.78, 5) is 18.7. The molecule has 0 atom stereocenters. The van der Waals surface area contributed by atoms with Crippen LogP contribution < -0.4 is 10.6 Å². The number of ether oxygens (including phenoxy) is 1. The zero-order valence-corrected chi connectivity index (χ0v) is 14.4. The van der Waals surface area contributed by atoms with Crippen molar-refractivity contribution >= 4 is 17.4 Å². The van der Waals surface area contributed by atoms with Gasteiger partial charge in [0.2, 0.25) is 0 Å². The molecular weight excluding hydrogens is 330 g/mol. The predicted molar refractivity (Wildman–Crippen MR) is 98.3 cm³/mol. The molecule has 0 unspecified atom stereocenters. The molecule has 7 heteroatoms. The van der Waals surface area contributed by atoms with Gasteiger partial charge in [-0.2, -0.15) is 5.26 Å². The van der Waals surface area contributed by atoms with Gasteiger partial charge >= 0.3 is 0 Å². The van der Waals surface area contributed by atoms with Gasteiger partial charge in [-0.15, -0.1) is 0 Å². The van der Waals surface area contributed by atoms with E-state index in [4.69, 9.17) is 10.00 Å². The monoisotopic (exact) mass is 351 g/mol. The highest BCUT2D eigenvalue weighted by Crippen LogP contribution is 2.15. The number of nitrogens with zero attached hydrogens (tertiary/aromatic N) is 3. The lowest BCUT2D eigenvalue weighted by atomic mass is 10.2. The van der Waals surface area contributed by atoms with E-state index in [1.807, 2.05) is 12.1 Å². The van der Waals surface area contributed by atoms with E-state index in [-0.39, 0.29) is 5.91 Å². The number of hydrogen-bond acceptors (Lipinski definition) is 6. The van der Waals surface area contributed by atoms with Crippen LogP contribution >= 0.6 is 0 Å². The summed E-state index contributed by atoms with van der Waals surface area (Å²) in [5.74, 6) is 0.509. The SMILES string of the molecule is N#Cc1ccc(Nc2ccc(C(=O)NCCN3CCOCC3)cn2)cc1. The molecule has 26 heavy (non-hydrogen) atoms. The molecule has 0 radical (unpaired) electrons. The fourth-order valence-corrected chi connectivity index (χ4v) is 2.63. The van der Waals surface area contributed by atoms with Gasteiger partial charge in [-0.3, -0.25) is 9.69 Å². The van der Waals surface area contributed by atoms with Crippen LogP contribution in [0.15, 0.2) is 42.6 Å². The van der Waals surface area contributed by atoms with Crippen LogP contribution in [0.1, 0.15) is 15.9 Å². The van der Waals surface area contributed by atoms with Gasteiger partial charge in [0, 0.05) is 38.1 Å². The van der Waals surface area contributed by atoms with Gasteiger partial charge < -0.3 is 15.4 Å². The van der Waals surface area contributed by atoms with Gasteiger partial charge in [0.1, 0.15) is 5.82 Å². The number of rotatable bonds is 6. The molecule has 134 valence electrons. The van der Waals surface area contributed by atoms with Crippen molar-refractivity contribution in [2.24, 2.45) is 0 Å². The van der Waals surface area contributed by atoms with E-state index in [0.717, 1.165) is 38.5 Å². The number of carbonyl (C=O) groups excluding carboxylic acids is 1. The average molecular weight is 351 g/mol. The quantitative estimate of drug-likeness (QED) is 0.824. The molecular formula is C19H21N5O2. The van der Waals surface area contributed by atoms with Crippen LogP contribution in [0.5, 0.6) is 0 Å². The smallest absolute Gasteiger partial charge is 0.252 e. The number of morpholine rings is 1. The number of anilines is 2. The summed E-state index contributed by atoms with van der Waals surface area (Å²) < 4.78 is 5.30. The summed E-state index contributed by atoms with van der Waals surface area (Å²) in [7, 11) is 0. The molecule has 2 heterocycles. The van der Waals surface area contributed by atoms with Crippen LogP contribution in [0.4, 0.5) is 11.5 Å². The van der Waals surface area contributed by atoms with E-state index < -0.39 is 0 Å². The minimum atomic E-state index is -0.129. The fraction of sp³-hybridized carbons (Fsp3) is 0.316. The summed E-state index contributed by atoms with van der Waals surface area (Å²) in [5, 5.41) is 14.9. The Labute approximate surface area is 152 Å². The molecule has 0 spiro atoms. The van der Waals surface area contributed by atoms with E-state index >= 15 is 0 Å². The lowest BCUT2D eigenvalue weighted by molar-refractivity contribution is 0.0383. The molecule has 1 saturated heterocycles. The van der Waals surface area contributed by atoms with E-state index in [0.29, 0.717) is 23.5 Å². The van der Waals surface area contributed by atoms with E-state index in [9.17, 15) is 4.79 Å². The maximum atomic E-state index is 12.2. The summed E-state index contributed by atoms with van der Waals surface area (Å²) in [5.41, 5.74) is 1.96. The number of amides is 1. The molecule has 0 saturated carbocycles. The Morgan fingerprint density at radius 3 is 2.62 bits per heavy atom. The van der Waals surface area contributed by atoms with Gasteiger partial charge in [-0.25, -0.2) is 4.98 Å². The second-order valence-corrected chi connectivity index (χ2v) is 5.96. The van der Waals surface area contributed by atoms with Crippen molar-refractivity contribution < 1.29 is 9.53 Å². The fourth-order valence-electron chi connectivity index (χ4n) is 2.63. The standard InChI is InChI=1S/C19H21N5O2/c20-13-15-1-4-17(5-2-15)23-18-6-3-16(14-22-18)19(25)21-7-8-24-9-11-26-12-10-24/h1-6,14H,7-12H2,(H,21,25)(H,22,23). The highest BCUT2D eigenvalue weighted by atomic mass is 16.5. The summed E-state index contributed by atoms with van der Waals surface area (Å²) in [6, 6.07) is 12.7. The summed E-state index contributed by atoms with van der Waals surface area (Å²) in [6.45, 7) is 4.75. The highest BCUT2D eigenvalue weighted by molar-refractivity contribution is 5.94. The van der Waals surface area contributed by atoms with Crippen molar-refractivity contribution in [1.82, 2.24) is 15.2 Å². The maximum Gasteiger partial charge on any atom is 0.252 e. The molecule has 0 bridgehead atoms. The Balaban J connectivity index is 1.48. The second kappa shape index (κ2) is 8.94. The molecule has 1 aliphatic rings. The molecule has 2 N–H and O–H groups in total. The number of pyridine rings is 1. The summed E-state index contributed by atoms with van der Waals surface area (Å²) >= 11 is 0. The van der Waals surface area contributed by atoms with Crippen molar-refractivity contribution in [2.45, 2.75) is 0 Å². The molecule has 1 amide bonds. The van der Waals surface area contributed by atoms with Crippen LogP contribution in [-0.2, 0) is 4.74 Å². The van der Waals surface area contributed by atoms with Gasteiger partial charge in [-0.1, -0.05) is 0 Å². The first-order valence-corrected chi connectivity index (χ1v) is 8.56. The first-order valence-electron chi connectivity index (χ1n) is 8.56. The molecule has 0 aliphatic carbocycles. The number of hydrogen-bond donors (Lipinski definition) is 2. The lowest BCUT2D eigenvalue weighted by Gasteiger charge is -2.26. The number of carbonyl (C=O) groups is 1. The topological polar surface area (TPSA) is 90.3 Å². The Bertz CT molecular complexity index is 762. The van der Waals surface area contributed by atoms with Crippen molar-refractivity contribution in [1.29, 1.82) is 5.26 Å². The first kappa shape index (κ1) is 17.9. The molecule has 1 aromatic heterocycles. The Kier molecular flexibility index (Phi) is 6.14. The second-order valence-electron chi connectivity index (χ2n) is 5.96. The highest BCUT2D eigenvalue weighted by Gasteiger charge is 2.11. The van der Waals surface area contributed by atoms with Crippen molar-refractivity contribution in [3.63, 3.8) is 0 Å². The Hall–Kier alpha value is -2.95. The molecule has 1 fully saturated rings. The van der Waals surface area contributed by atoms with Crippen molar-refractivity contribution in [3.05, 3.63) is 53.7 Å². The van der Waals surface area contributed by atoms with Gasteiger partial charge in [-0.05, 0) is 36.4 Å². The van der Waals surface area contributed by atoms with Crippen LogP contribution in [0.3, 0.4) is 0 Å². The third-order valence-electron chi connectivity index (χ3n) is 4.13. The van der Waals surface area contributed by atoms with E-state index in [1.54, 1.807) is 30.5 Å². The zero-order valence-electron chi connectivity index (χ0n) is 14.4. The lowest BCUT2D eigenvalue weighted by Crippen LogP contribution is -2.41. The maximum absolute atomic E-state index is 12.2. The zero-order chi connectivity index (χ0) is 18.2. The normalized spacial score (nSPS) is 14.4. The number of nitrogens with one attached hydrogen (secondary N) is 2. The van der Waals surface area contributed by atoms with Crippen LogP contribution in [0.2, 0.25) is 0 Å². The van der Waals surface area contributed by atoms with Crippen molar-refractivity contribution in [3.8, 4) is 6.07 Å². The Morgan fingerprint density at radius 2 is 1.96 bits per heavy atom. The Morgan fingerprint density at radius 1 is 1.19 bits per heavy atom. The van der Waals surface area contributed by atoms with Gasteiger partial charge in [0.25, 0.3) is 5.91 Å². The summed E-state index contributed by atoms with van der Waals surface area (Å²) in [6.07, 6.45) is 1.55. The number of aromatic nitrogens is 1. The van der Waals surface area contributed by atoms with Crippen molar-refractivity contribution in [2.75, 3.05) is 44.7 Å². The minimum Gasteiger partial charge on any atom is -0.379 e. The van der Waals surface area contributed by atoms with Gasteiger partial charge in [0.05, 0.1) is 30.4 Å². The third-order valence-corrected chi connectivity index (χ3v) is 4.13. The largest absolute Gasteiger partial charge is 0.379 e. The predicted octanol–water partition coefficient (Wildman–Crippen LogP) is 1.76.